The Kier molecular flexibility index (Phi) is 4.92. The first-order valence-electron chi connectivity index (χ1n) is 5.42. The van der Waals surface area contributed by atoms with Gasteiger partial charge in [0.05, 0.1) is 0 Å². The molecule has 0 fully saturated rings. The molecule has 0 radical (unpaired) electrons. The summed E-state index contributed by atoms with van der Waals surface area (Å²) in [4.78, 5) is 24.0. The second kappa shape index (κ2) is 6.44. The highest BCUT2D eigenvalue weighted by atomic mass is 16.6. The van der Waals surface area contributed by atoms with E-state index in [9.17, 15) is 9.59 Å². The third-order valence-electron chi connectivity index (χ3n) is 2.30. The van der Waals surface area contributed by atoms with E-state index in [4.69, 9.17) is 9.84 Å². The number of carboxylic acid groups (broad SMARTS) is 1. The smallest absolute Gasteiger partial charge is 0.415 e. The van der Waals surface area contributed by atoms with Crippen molar-refractivity contribution in [3.63, 3.8) is 0 Å². The van der Waals surface area contributed by atoms with Gasteiger partial charge in [-0.1, -0.05) is 30.9 Å². The summed E-state index contributed by atoms with van der Waals surface area (Å²) >= 11 is 0. The van der Waals surface area contributed by atoms with Gasteiger partial charge in [0.1, 0.15) is 12.6 Å². The fourth-order valence-corrected chi connectivity index (χ4v) is 1.39. The van der Waals surface area contributed by atoms with Crippen LogP contribution in [-0.2, 0) is 9.53 Å². The molecule has 0 aliphatic rings. The van der Waals surface area contributed by atoms with Crippen LogP contribution >= 0.6 is 0 Å². The lowest BCUT2D eigenvalue weighted by molar-refractivity contribution is -0.138. The zero-order valence-electron chi connectivity index (χ0n) is 10.1. The minimum absolute atomic E-state index is 0.0362. The number of carbonyl (C=O) groups excluding carboxylic acids is 1. The van der Waals surface area contributed by atoms with Crippen molar-refractivity contribution in [1.29, 1.82) is 0 Å². The number of nitrogens with zero attached hydrogens (tertiary/aromatic N) is 1. The molecule has 0 aliphatic heterocycles. The van der Waals surface area contributed by atoms with Crippen LogP contribution in [0.3, 0.4) is 0 Å². The number of aliphatic carboxylic acids is 1. The van der Waals surface area contributed by atoms with E-state index in [1.807, 2.05) is 0 Å². The van der Waals surface area contributed by atoms with E-state index in [0.29, 0.717) is 5.69 Å². The lowest BCUT2D eigenvalue weighted by Gasteiger charge is -2.25. The molecular formula is C13H15NO4. The number of anilines is 1. The number of carbonyl (C=O) groups is 2. The molecule has 0 saturated heterocycles. The fourth-order valence-electron chi connectivity index (χ4n) is 1.39. The van der Waals surface area contributed by atoms with Crippen LogP contribution in [0.1, 0.15) is 6.92 Å². The van der Waals surface area contributed by atoms with Crippen LogP contribution in [0, 0.1) is 0 Å². The van der Waals surface area contributed by atoms with Crippen LogP contribution < -0.4 is 4.90 Å². The summed E-state index contributed by atoms with van der Waals surface area (Å²) < 4.78 is 4.88. The monoisotopic (exact) mass is 249 g/mol. The summed E-state index contributed by atoms with van der Waals surface area (Å²) in [6, 6.07) is 7.51. The van der Waals surface area contributed by atoms with E-state index in [1.54, 1.807) is 30.3 Å². The molecular weight excluding hydrogens is 234 g/mol. The molecule has 1 aromatic rings. The zero-order valence-corrected chi connectivity index (χ0v) is 10.1. The van der Waals surface area contributed by atoms with E-state index in [2.05, 4.69) is 6.58 Å². The van der Waals surface area contributed by atoms with Gasteiger partial charge in [-0.05, 0) is 19.1 Å². The van der Waals surface area contributed by atoms with Crippen molar-refractivity contribution >= 4 is 17.7 Å². The van der Waals surface area contributed by atoms with Gasteiger partial charge in [0.2, 0.25) is 0 Å². The molecule has 1 aromatic carbocycles. The number of hydrogen-bond donors (Lipinski definition) is 1. The van der Waals surface area contributed by atoms with Crippen LogP contribution in [0.5, 0.6) is 0 Å². The maximum atomic E-state index is 11.8. The Morgan fingerprint density at radius 2 is 2.06 bits per heavy atom. The number of benzene rings is 1. The van der Waals surface area contributed by atoms with E-state index < -0.39 is 18.1 Å². The molecule has 0 heterocycles. The highest BCUT2D eigenvalue weighted by molar-refractivity contribution is 5.94. The van der Waals surface area contributed by atoms with Crippen LogP contribution in [-0.4, -0.2) is 29.8 Å². The highest BCUT2D eigenvalue weighted by Gasteiger charge is 2.28. The van der Waals surface area contributed by atoms with Gasteiger partial charge < -0.3 is 9.84 Å². The topological polar surface area (TPSA) is 66.8 Å². The zero-order chi connectivity index (χ0) is 13.5. The van der Waals surface area contributed by atoms with Crippen molar-refractivity contribution in [2.24, 2.45) is 0 Å². The van der Waals surface area contributed by atoms with Gasteiger partial charge in [-0.15, -0.1) is 0 Å². The van der Waals surface area contributed by atoms with Crippen molar-refractivity contribution in [2.75, 3.05) is 11.5 Å². The summed E-state index contributed by atoms with van der Waals surface area (Å²) in [6.07, 6.45) is 0.711. The largest absolute Gasteiger partial charge is 0.480 e. The van der Waals surface area contributed by atoms with E-state index >= 15 is 0 Å². The lowest BCUT2D eigenvalue weighted by atomic mass is 10.2. The Labute approximate surface area is 105 Å². The quantitative estimate of drug-likeness (QED) is 0.813. The molecule has 1 rings (SSSR count). The molecule has 5 nitrogen and oxygen atoms in total. The summed E-state index contributed by atoms with van der Waals surface area (Å²) in [6.45, 7) is 4.89. The standard InChI is InChI=1S/C13H15NO4/c1-3-9-18-13(17)14(10(2)12(15)16)11-7-5-4-6-8-11/h3-8,10H,1,9H2,2H3,(H,15,16). The minimum atomic E-state index is -1.10. The molecule has 96 valence electrons. The first-order valence-corrected chi connectivity index (χ1v) is 5.42. The van der Waals surface area contributed by atoms with Crippen LogP contribution in [0.4, 0.5) is 10.5 Å². The Morgan fingerprint density at radius 3 is 2.56 bits per heavy atom. The molecule has 1 N–H and O–H groups in total. The Balaban J connectivity index is 2.99. The Hall–Kier alpha value is -2.30. The third-order valence-corrected chi connectivity index (χ3v) is 2.30. The normalized spacial score (nSPS) is 11.4. The summed E-state index contributed by atoms with van der Waals surface area (Å²) in [5.74, 6) is -1.10. The minimum Gasteiger partial charge on any atom is -0.480 e. The van der Waals surface area contributed by atoms with Crippen molar-refractivity contribution in [3.05, 3.63) is 43.0 Å². The average molecular weight is 249 g/mol. The predicted octanol–water partition coefficient (Wildman–Crippen LogP) is 2.29. The predicted molar refractivity (Wildman–Crippen MR) is 67.6 cm³/mol. The SMILES string of the molecule is C=CCOC(=O)N(c1ccccc1)C(C)C(=O)O. The lowest BCUT2D eigenvalue weighted by Crippen LogP contribution is -2.43. The van der Waals surface area contributed by atoms with Gasteiger partial charge in [0, 0.05) is 5.69 Å². The molecule has 0 saturated carbocycles. The van der Waals surface area contributed by atoms with Crippen molar-refractivity contribution in [3.8, 4) is 0 Å². The maximum Gasteiger partial charge on any atom is 0.415 e. The maximum absolute atomic E-state index is 11.8. The number of hydrogen-bond acceptors (Lipinski definition) is 3. The molecule has 1 unspecified atom stereocenters. The van der Waals surface area contributed by atoms with Crippen LogP contribution in [0.2, 0.25) is 0 Å². The first kappa shape index (κ1) is 13.8. The molecule has 5 heteroatoms. The number of ether oxygens (including phenoxy) is 1. The Bertz CT molecular complexity index is 430. The average Bonchev–Trinajstić information content (AvgIpc) is 2.37. The van der Waals surface area contributed by atoms with Gasteiger partial charge in [-0.3, -0.25) is 4.90 Å². The first-order chi connectivity index (χ1) is 8.57. The summed E-state index contributed by atoms with van der Waals surface area (Å²) in [7, 11) is 0. The molecule has 0 aliphatic carbocycles. The fraction of sp³-hybridized carbons (Fsp3) is 0.231. The molecule has 0 bridgehead atoms. The Morgan fingerprint density at radius 1 is 1.44 bits per heavy atom. The van der Waals surface area contributed by atoms with Crippen molar-refractivity contribution in [1.82, 2.24) is 0 Å². The van der Waals surface area contributed by atoms with E-state index in [1.165, 1.54) is 13.0 Å². The van der Waals surface area contributed by atoms with Gasteiger partial charge >= 0.3 is 12.1 Å². The second-order valence-corrected chi connectivity index (χ2v) is 3.59. The molecule has 0 spiro atoms. The molecule has 1 atom stereocenters. The van der Waals surface area contributed by atoms with Crippen molar-refractivity contribution in [2.45, 2.75) is 13.0 Å². The van der Waals surface area contributed by atoms with E-state index in [-0.39, 0.29) is 6.61 Å². The molecule has 0 aromatic heterocycles. The van der Waals surface area contributed by atoms with Crippen molar-refractivity contribution < 1.29 is 19.4 Å². The van der Waals surface area contributed by atoms with Gasteiger partial charge in [0.25, 0.3) is 0 Å². The van der Waals surface area contributed by atoms with Gasteiger partial charge in [-0.25, -0.2) is 9.59 Å². The number of rotatable bonds is 5. The van der Waals surface area contributed by atoms with Gasteiger partial charge in [0.15, 0.2) is 0 Å². The van der Waals surface area contributed by atoms with Crippen LogP contribution in [0.25, 0.3) is 0 Å². The number of carboxylic acids is 1. The van der Waals surface area contributed by atoms with Gasteiger partial charge in [-0.2, -0.15) is 0 Å². The second-order valence-electron chi connectivity index (χ2n) is 3.59. The highest BCUT2D eigenvalue weighted by Crippen LogP contribution is 2.18. The summed E-state index contributed by atoms with van der Waals surface area (Å²) in [5.41, 5.74) is 0.474. The summed E-state index contributed by atoms with van der Waals surface area (Å²) in [5, 5.41) is 9.02. The molecule has 1 amide bonds. The number of amides is 1. The third kappa shape index (κ3) is 3.35. The van der Waals surface area contributed by atoms with E-state index in [0.717, 1.165) is 4.90 Å². The molecule has 18 heavy (non-hydrogen) atoms. The number of para-hydroxylation sites is 1. The van der Waals surface area contributed by atoms with Crippen LogP contribution in [0.15, 0.2) is 43.0 Å².